The SMILES string of the molecule is CCN(CC)CCn1c2ccc(C(=O)CO)cc2c2cc(C(=O)OC)ccc21. The van der Waals surface area contributed by atoms with Gasteiger partial charge in [0.15, 0.2) is 5.78 Å². The Morgan fingerprint density at radius 3 is 2.11 bits per heavy atom. The van der Waals surface area contributed by atoms with Gasteiger partial charge in [-0.3, -0.25) is 4.79 Å². The normalized spacial score (nSPS) is 11.5. The molecular formula is C22H26N2O4. The number of likely N-dealkylation sites (N-methyl/N-ethyl adjacent to an activating group) is 1. The van der Waals surface area contributed by atoms with Gasteiger partial charge in [0, 0.05) is 40.5 Å². The standard InChI is InChI=1S/C22H26N2O4/c1-4-23(5-2)10-11-24-19-8-6-15(21(26)14-25)12-17(19)18-13-16(22(27)28-3)7-9-20(18)24/h6-9,12-13,25H,4-5,10-11,14H2,1-3H3. The average molecular weight is 382 g/mol. The average Bonchev–Trinajstić information content (AvgIpc) is 3.05. The fourth-order valence-electron chi connectivity index (χ4n) is 3.64. The number of carbonyl (C=O) groups is 2. The maximum Gasteiger partial charge on any atom is 0.337 e. The number of benzene rings is 2. The molecule has 1 N–H and O–H groups in total. The Kier molecular flexibility index (Phi) is 6.11. The van der Waals surface area contributed by atoms with Crippen molar-refractivity contribution in [3.63, 3.8) is 0 Å². The van der Waals surface area contributed by atoms with E-state index in [0.717, 1.165) is 48.0 Å². The van der Waals surface area contributed by atoms with Gasteiger partial charge in [0.05, 0.1) is 12.7 Å². The minimum atomic E-state index is -0.528. The minimum Gasteiger partial charge on any atom is -0.465 e. The molecule has 0 saturated heterocycles. The molecule has 0 saturated carbocycles. The zero-order chi connectivity index (χ0) is 20.3. The first-order valence-electron chi connectivity index (χ1n) is 9.54. The summed E-state index contributed by atoms with van der Waals surface area (Å²) in [6.45, 7) is 7.42. The summed E-state index contributed by atoms with van der Waals surface area (Å²) in [7, 11) is 1.36. The van der Waals surface area contributed by atoms with Crippen LogP contribution in [0.4, 0.5) is 0 Å². The van der Waals surface area contributed by atoms with E-state index in [1.807, 2.05) is 18.2 Å². The molecule has 0 radical (unpaired) electrons. The number of aliphatic hydroxyl groups excluding tert-OH is 1. The van der Waals surface area contributed by atoms with Gasteiger partial charge >= 0.3 is 5.97 Å². The van der Waals surface area contributed by atoms with Crippen LogP contribution in [0, 0.1) is 0 Å². The van der Waals surface area contributed by atoms with Gasteiger partial charge in [-0.25, -0.2) is 4.79 Å². The van der Waals surface area contributed by atoms with E-state index < -0.39 is 12.6 Å². The van der Waals surface area contributed by atoms with Gasteiger partial charge in [-0.15, -0.1) is 0 Å². The molecule has 3 rings (SSSR count). The molecule has 0 aliphatic heterocycles. The molecule has 28 heavy (non-hydrogen) atoms. The van der Waals surface area contributed by atoms with E-state index >= 15 is 0 Å². The van der Waals surface area contributed by atoms with Gasteiger partial charge in [0.25, 0.3) is 0 Å². The summed E-state index contributed by atoms with van der Waals surface area (Å²) in [5.41, 5.74) is 2.93. The number of aromatic nitrogens is 1. The highest BCUT2D eigenvalue weighted by atomic mass is 16.5. The number of hydrogen-bond acceptors (Lipinski definition) is 5. The van der Waals surface area contributed by atoms with Gasteiger partial charge in [0.2, 0.25) is 0 Å². The number of methoxy groups -OCH3 is 1. The molecule has 0 fully saturated rings. The summed E-state index contributed by atoms with van der Waals surface area (Å²) in [5, 5.41) is 11.0. The maximum absolute atomic E-state index is 12.0. The number of ether oxygens (including phenoxy) is 1. The Labute approximate surface area is 164 Å². The number of carbonyl (C=O) groups excluding carboxylic acids is 2. The third kappa shape index (κ3) is 3.66. The number of rotatable bonds is 8. The number of fused-ring (bicyclic) bond motifs is 3. The van der Waals surface area contributed by atoms with Crippen molar-refractivity contribution in [2.24, 2.45) is 0 Å². The van der Waals surface area contributed by atoms with Crippen molar-refractivity contribution in [1.82, 2.24) is 9.47 Å². The molecule has 6 nitrogen and oxygen atoms in total. The summed E-state index contributed by atoms with van der Waals surface area (Å²) >= 11 is 0. The third-order valence-electron chi connectivity index (χ3n) is 5.29. The van der Waals surface area contributed by atoms with Crippen LogP contribution >= 0.6 is 0 Å². The highest BCUT2D eigenvalue weighted by Crippen LogP contribution is 2.31. The first-order chi connectivity index (χ1) is 13.5. The van der Waals surface area contributed by atoms with E-state index in [1.165, 1.54) is 7.11 Å². The smallest absolute Gasteiger partial charge is 0.337 e. The molecule has 6 heteroatoms. The van der Waals surface area contributed by atoms with Crippen molar-refractivity contribution >= 4 is 33.6 Å². The molecule has 148 valence electrons. The minimum absolute atomic E-state index is 0.324. The molecule has 0 aliphatic carbocycles. The molecule has 0 atom stereocenters. The first kappa shape index (κ1) is 20.0. The monoisotopic (exact) mass is 382 g/mol. The lowest BCUT2D eigenvalue weighted by Crippen LogP contribution is -2.26. The number of esters is 1. The van der Waals surface area contributed by atoms with Crippen molar-refractivity contribution < 1.29 is 19.4 Å². The van der Waals surface area contributed by atoms with Crippen LogP contribution in [-0.4, -0.2) is 59.7 Å². The number of Topliss-reactive ketones (excluding diaryl/α,β-unsaturated/α-hetero) is 1. The van der Waals surface area contributed by atoms with Crippen LogP contribution in [0.15, 0.2) is 36.4 Å². The van der Waals surface area contributed by atoms with Crippen LogP contribution in [0.3, 0.4) is 0 Å². The molecule has 0 spiro atoms. The Balaban J connectivity index is 2.19. The maximum atomic E-state index is 12.0. The highest BCUT2D eigenvalue weighted by molar-refractivity contribution is 6.12. The van der Waals surface area contributed by atoms with Gasteiger partial charge in [-0.1, -0.05) is 13.8 Å². The lowest BCUT2D eigenvalue weighted by atomic mass is 10.1. The van der Waals surface area contributed by atoms with E-state index in [4.69, 9.17) is 4.74 Å². The van der Waals surface area contributed by atoms with Crippen LogP contribution in [0.5, 0.6) is 0 Å². The fraction of sp³-hybridized carbons (Fsp3) is 0.364. The number of ketones is 1. The Morgan fingerprint density at radius 2 is 1.57 bits per heavy atom. The van der Waals surface area contributed by atoms with Crippen LogP contribution < -0.4 is 0 Å². The van der Waals surface area contributed by atoms with Crippen LogP contribution in [0.2, 0.25) is 0 Å². The molecule has 0 amide bonds. The number of aliphatic hydroxyl groups is 1. The van der Waals surface area contributed by atoms with Crippen molar-refractivity contribution in [1.29, 1.82) is 0 Å². The summed E-state index contributed by atoms with van der Waals surface area (Å²) in [6.07, 6.45) is 0. The van der Waals surface area contributed by atoms with E-state index in [9.17, 15) is 14.7 Å². The second-order valence-corrected chi connectivity index (χ2v) is 6.72. The summed E-state index contributed by atoms with van der Waals surface area (Å²) in [5.74, 6) is -0.719. The van der Waals surface area contributed by atoms with Gasteiger partial charge in [-0.05, 0) is 49.5 Å². The quantitative estimate of drug-likeness (QED) is 0.479. The van der Waals surface area contributed by atoms with Crippen molar-refractivity contribution in [3.8, 4) is 0 Å². The number of nitrogens with zero attached hydrogens (tertiary/aromatic N) is 2. The molecular weight excluding hydrogens is 356 g/mol. The predicted octanol–water partition coefficient (Wildman–Crippen LogP) is 3.10. The van der Waals surface area contributed by atoms with Crippen molar-refractivity contribution in [3.05, 3.63) is 47.5 Å². The molecule has 3 aromatic rings. The molecule has 1 heterocycles. The third-order valence-corrected chi connectivity index (χ3v) is 5.29. The molecule has 0 unspecified atom stereocenters. The topological polar surface area (TPSA) is 71.8 Å². The van der Waals surface area contributed by atoms with Gasteiger partial charge in [-0.2, -0.15) is 0 Å². The van der Waals surface area contributed by atoms with Crippen LogP contribution in [0.25, 0.3) is 21.8 Å². The summed E-state index contributed by atoms with van der Waals surface area (Å²) in [6, 6.07) is 11.0. The zero-order valence-corrected chi connectivity index (χ0v) is 16.6. The molecule has 0 bridgehead atoms. The Morgan fingerprint density at radius 1 is 1.00 bits per heavy atom. The Bertz CT molecular complexity index is 945. The highest BCUT2D eigenvalue weighted by Gasteiger charge is 2.16. The molecule has 2 aromatic carbocycles. The van der Waals surface area contributed by atoms with Crippen LogP contribution in [0.1, 0.15) is 34.6 Å². The lowest BCUT2D eigenvalue weighted by Gasteiger charge is -2.19. The Hall–Kier alpha value is -2.70. The zero-order valence-electron chi connectivity index (χ0n) is 16.6. The van der Waals surface area contributed by atoms with E-state index in [-0.39, 0.29) is 5.78 Å². The first-order valence-corrected chi connectivity index (χ1v) is 9.54. The van der Waals surface area contributed by atoms with E-state index in [2.05, 4.69) is 23.3 Å². The molecule has 0 aliphatic rings. The molecule has 1 aromatic heterocycles. The fourth-order valence-corrected chi connectivity index (χ4v) is 3.64. The largest absolute Gasteiger partial charge is 0.465 e. The summed E-state index contributed by atoms with van der Waals surface area (Å²) in [4.78, 5) is 26.3. The van der Waals surface area contributed by atoms with E-state index in [1.54, 1.807) is 18.2 Å². The van der Waals surface area contributed by atoms with Crippen LogP contribution in [-0.2, 0) is 11.3 Å². The number of hydrogen-bond donors (Lipinski definition) is 1. The van der Waals surface area contributed by atoms with E-state index in [0.29, 0.717) is 11.1 Å². The van der Waals surface area contributed by atoms with Gasteiger partial charge < -0.3 is 19.3 Å². The lowest BCUT2D eigenvalue weighted by molar-refractivity contribution is 0.0600. The van der Waals surface area contributed by atoms with Gasteiger partial charge in [0.1, 0.15) is 6.61 Å². The second-order valence-electron chi connectivity index (χ2n) is 6.72. The second kappa shape index (κ2) is 8.54. The van der Waals surface area contributed by atoms with Crippen molar-refractivity contribution in [2.45, 2.75) is 20.4 Å². The summed E-state index contributed by atoms with van der Waals surface area (Å²) < 4.78 is 7.07. The predicted molar refractivity (Wildman–Crippen MR) is 110 cm³/mol. The van der Waals surface area contributed by atoms with Crippen molar-refractivity contribution in [2.75, 3.05) is 33.4 Å².